The van der Waals surface area contributed by atoms with Crippen LogP contribution in [-0.4, -0.2) is 45.2 Å². The Balaban J connectivity index is 1.42. The number of rotatable bonds is 7. The Morgan fingerprint density at radius 3 is 2.43 bits per heavy atom. The van der Waals surface area contributed by atoms with Crippen LogP contribution in [0, 0.1) is 12.7 Å². The summed E-state index contributed by atoms with van der Waals surface area (Å²) in [6.07, 6.45) is 3.62. The molecule has 1 atom stereocenters. The summed E-state index contributed by atoms with van der Waals surface area (Å²) in [7, 11) is 0. The fourth-order valence-electron chi connectivity index (χ4n) is 5.49. The zero-order chi connectivity index (χ0) is 25.6. The number of piperazine rings is 1. The molecule has 1 amide bonds. The Morgan fingerprint density at radius 2 is 1.68 bits per heavy atom. The van der Waals surface area contributed by atoms with Gasteiger partial charge in [0.1, 0.15) is 5.82 Å². The quantitative estimate of drug-likeness (QED) is 0.480. The van der Waals surface area contributed by atoms with Gasteiger partial charge in [0.05, 0.1) is 12.5 Å². The molecule has 0 saturated carbocycles. The minimum absolute atomic E-state index is 0.00000583. The SMILES string of the molecule is Cc1ccc(C(NC(=O)Cc2cc(N3CCNCC3)ccc2F)c2ccccc2)c(N2CCCCC2)c1. The molecule has 0 spiro atoms. The van der Waals surface area contributed by atoms with E-state index in [0.29, 0.717) is 5.56 Å². The number of aryl methyl sites for hydroxylation is 1. The van der Waals surface area contributed by atoms with Crippen LogP contribution in [-0.2, 0) is 11.2 Å². The summed E-state index contributed by atoms with van der Waals surface area (Å²) in [6.45, 7) is 7.72. The molecule has 0 bridgehead atoms. The van der Waals surface area contributed by atoms with Gasteiger partial charge in [-0.1, -0.05) is 42.5 Å². The molecule has 0 radical (unpaired) electrons. The van der Waals surface area contributed by atoms with Crippen molar-refractivity contribution in [3.05, 3.63) is 94.8 Å². The third kappa shape index (κ3) is 6.13. The minimum atomic E-state index is -0.338. The maximum atomic E-state index is 14.8. The topological polar surface area (TPSA) is 47.6 Å². The zero-order valence-corrected chi connectivity index (χ0v) is 21.7. The molecular formula is C31H37FN4O. The van der Waals surface area contributed by atoms with Crippen molar-refractivity contribution in [3.8, 4) is 0 Å². The molecular weight excluding hydrogens is 463 g/mol. The van der Waals surface area contributed by atoms with E-state index in [1.54, 1.807) is 0 Å². The summed E-state index contributed by atoms with van der Waals surface area (Å²) in [5, 5.41) is 6.61. The lowest BCUT2D eigenvalue weighted by molar-refractivity contribution is -0.121. The highest BCUT2D eigenvalue weighted by atomic mass is 19.1. The normalized spacial score (nSPS) is 16.9. The van der Waals surface area contributed by atoms with Gasteiger partial charge >= 0.3 is 0 Å². The van der Waals surface area contributed by atoms with Gasteiger partial charge in [0.15, 0.2) is 0 Å². The molecule has 5 rings (SSSR count). The predicted octanol–water partition coefficient (Wildman–Crippen LogP) is 4.98. The molecule has 194 valence electrons. The van der Waals surface area contributed by atoms with Crippen LogP contribution in [0.4, 0.5) is 15.8 Å². The van der Waals surface area contributed by atoms with E-state index in [1.165, 1.54) is 36.6 Å². The number of amides is 1. The van der Waals surface area contributed by atoms with Crippen LogP contribution in [0.2, 0.25) is 0 Å². The van der Waals surface area contributed by atoms with E-state index in [1.807, 2.05) is 30.3 Å². The van der Waals surface area contributed by atoms with E-state index >= 15 is 0 Å². The average Bonchev–Trinajstić information content (AvgIpc) is 2.94. The maximum absolute atomic E-state index is 14.8. The third-order valence-corrected chi connectivity index (χ3v) is 7.49. The average molecular weight is 501 g/mol. The lowest BCUT2D eigenvalue weighted by Crippen LogP contribution is -2.43. The van der Waals surface area contributed by atoms with Gasteiger partial charge in [0.2, 0.25) is 5.91 Å². The summed E-state index contributed by atoms with van der Waals surface area (Å²) in [5.74, 6) is -0.523. The number of carbonyl (C=O) groups is 1. The Morgan fingerprint density at radius 1 is 0.919 bits per heavy atom. The number of halogens is 1. The Kier molecular flexibility index (Phi) is 8.05. The fourth-order valence-corrected chi connectivity index (χ4v) is 5.49. The standard InChI is InChI=1S/C31H37FN4O/c1-23-10-12-27(29(20-23)36-16-6-3-7-17-36)31(24-8-4-2-5-9-24)34-30(37)22-25-21-26(11-13-28(25)32)35-18-14-33-15-19-35/h2,4-5,8-13,20-21,31,33H,3,6-7,14-19,22H2,1H3,(H,34,37). The van der Waals surface area contributed by atoms with Gasteiger partial charge in [-0.2, -0.15) is 0 Å². The van der Waals surface area contributed by atoms with Crippen molar-refractivity contribution in [1.29, 1.82) is 0 Å². The Bertz CT molecular complexity index is 1200. The van der Waals surface area contributed by atoms with Crippen molar-refractivity contribution in [1.82, 2.24) is 10.6 Å². The molecule has 1 unspecified atom stereocenters. The summed E-state index contributed by atoms with van der Waals surface area (Å²) in [5.41, 5.74) is 5.89. The summed E-state index contributed by atoms with van der Waals surface area (Å²) < 4.78 is 14.8. The van der Waals surface area contributed by atoms with E-state index < -0.39 is 0 Å². The first kappa shape index (κ1) is 25.3. The molecule has 6 heteroatoms. The highest BCUT2D eigenvalue weighted by Crippen LogP contribution is 2.33. The first-order chi connectivity index (χ1) is 18.1. The number of anilines is 2. The van der Waals surface area contributed by atoms with Crippen molar-refractivity contribution >= 4 is 17.3 Å². The smallest absolute Gasteiger partial charge is 0.225 e. The number of nitrogens with one attached hydrogen (secondary N) is 2. The molecule has 5 nitrogen and oxygen atoms in total. The lowest BCUT2D eigenvalue weighted by Gasteiger charge is -2.33. The molecule has 2 heterocycles. The monoisotopic (exact) mass is 500 g/mol. The molecule has 2 fully saturated rings. The van der Waals surface area contributed by atoms with Crippen LogP contribution in [0.5, 0.6) is 0 Å². The van der Waals surface area contributed by atoms with E-state index in [0.717, 1.165) is 56.1 Å². The first-order valence-corrected chi connectivity index (χ1v) is 13.5. The first-order valence-electron chi connectivity index (χ1n) is 13.5. The van der Waals surface area contributed by atoms with Gasteiger partial charge in [-0.15, -0.1) is 0 Å². The van der Waals surface area contributed by atoms with Gasteiger partial charge in [-0.05, 0) is 67.1 Å². The highest BCUT2D eigenvalue weighted by molar-refractivity contribution is 5.80. The number of hydrogen-bond donors (Lipinski definition) is 2. The van der Waals surface area contributed by atoms with Crippen molar-refractivity contribution < 1.29 is 9.18 Å². The molecule has 0 aromatic heterocycles. The van der Waals surface area contributed by atoms with Crippen molar-refractivity contribution in [2.45, 2.75) is 38.6 Å². The molecule has 2 N–H and O–H groups in total. The van der Waals surface area contributed by atoms with Gasteiger partial charge in [-0.3, -0.25) is 4.79 Å². The van der Waals surface area contributed by atoms with Gasteiger partial charge in [0.25, 0.3) is 0 Å². The highest BCUT2D eigenvalue weighted by Gasteiger charge is 2.24. The van der Waals surface area contributed by atoms with E-state index in [2.05, 4.69) is 57.7 Å². The van der Waals surface area contributed by atoms with E-state index in [-0.39, 0.29) is 24.2 Å². The Labute approximate surface area is 219 Å². The van der Waals surface area contributed by atoms with Crippen molar-refractivity contribution in [3.63, 3.8) is 0 Å². The molecule has 2 saturated heterocycles. The molecule has 3 aromatic rings. The van der Waals surface area contributed by atoms with Crippen LogP contribution < -0.4 is 20.4 Å². The van der Waals surface area contributed by atoms with Crippen molar-refractivity contribution in [2.75, 3.05) is 49.1 Å². The van der Waals surface area contributed by atoms with Crippen LogP contribution >= 0.6 is 0 Å². The van der Waals surface area contributed by atoms with Crippen LogP contribution in [0.1, 0.15) is 47.6 Å². The van der Waals surface area contributed by atoms with Crippen LogP contribution in [0.15, 0.2) is 66.7 Å². The molecule has 2 aliphatic rings. The summed E-state index contributed by atoms with van der Waals surface area (Å²) >= 11 is 0. The maximum Gasteiger partial charge on any atom is 0.225 e. The number of piperidine rings is 1. The molecule has 2 aliphatic heterocycles. The lowest BCUT2D eigenvalue weighted by atomic mass is 9.94. The second kappa shape index (κ2) is 11.8. The van der Waals surface area contributed by atoms with Gasteiger partial charge in [-0.25, -0.2) is 4.39 Å². The Hall–Kier alpha value is -3.38. The summed E-state index contributed by atoms with van der Waals surface area (Å²) in [6, 6.07) is 21.4. The van der Waals surface area contributed by atoms with Crippen LogP contribution in [0.3, 0.4) is 0 Å². The second-order valence-electron chi connectivity index (χ2n) is 10.2. The molecule has 0 aliphatic carbocycles. The minimum Gasteiger partial charge on any atom is -0.371 e. The predicted molar refractivity (Wildman–Crippen MR) is 149 cm³/mol. The zero-order valence-electron chi connectivity index (χ0n) is 21.7. The molecule has 37 heavy (non-hydrogen) atoms. The van der Waals surface area contributed by atoms with E-state index in [4.69, 9.17) is 0 Å². The van der Waals surface area contributed by atoms with Gasteiger partial charge in [0, 0.05) is 56.2 Å². The summed E-state index contributed by atoms with van der Waals surface area (Å²) in [4.78, 5) is 18.1. The number of nitrogens with zero attached hydrogens (tertiary/aromatic N) is 2. The number of benzene rings is 3. The third-order valence-electron chi connectivity index (χ3n) is 7.49. The number of hydrogen-bond acceptors (Lipinski definition) is 4. The largest absolute Gasteiger partial charge is 0.371 e. The fraction of sp³-hybridized carbons (Fsp3) is 0.387. The van der Waals surface area contributed by atoms with E-state index in [9.17, 15) is 9.18 Å². The molecule has 3 aromatic carbocycles. The van der Waals surface area contributed by atoms with Crippen LogP contribution in [0.25, 0.3) is 0 Å². The second-order valence-corrected chi connectivity index (χ2v) is 10.2. The number of carbonyl (C=O) groups excluding carboxylic acids is 1. The van der Waals surface area contributed by atoms with Gasteiger partial charge < -0.3 is 20.4 Å². The van der Waals surface area contributed by atoms with Crippen molar-refractivity contribution in [2.24, 2.45) is 0 Å².